The first-order valence-electron chi connectivity index (χ1n) is 8.73. The fourth-order valence-electron chi connectivity index (χ4n) is 2.47. The number of hydrogen-bond donors (Lipinski definition) is 2. The van der Waals surface area contributed by atoms with Crippen LogP contribution in [0.15, 0.2) is 48.5 Å². The van der Waals surface area contributed by atoms with Crippen LogP contribution in [0.5, 0.6) is 11.5 Å². The highest BCUT2D eigenvalue weighted by Crippen LogP contribution is 2.27. The van der Waals surface area contributed by atoms with Crippen LogP contribution in [0.1, 0.15) is 32.3 Å². The molecule has 0 heterocycles. The van der Waals surface area contributed by atoms with Crippen LogP contribution in [0.25, 0.3) is 0 Å². The smallest absolute Gasteiger partial charge is 0.303 e. The Morgan fingerprint density at radius 2 is 1.59 bits per heavy atom. The molecule has 0 aliphatic rings. The van der Waals surface area contributed by atoms with E-state index in [1.54, 1.807) is 31.4 Å². The van der Waals surface area contributed by atoms with E-state index in [2.05, 4.69) is 5.32 Å². The summed E-state index contributed by atoms with van der Waals surface area (Å²) in [5.74, 6) is 0.417. The fourth-order valence-corrected chi connectivity index (χ4v) is 2.47. The standard InChI is InChI=1S/C21H25NO5/c1-21(2,15-6-10-17(26-3)11-7-15)20(25)22-16-8-12-18(13-9-16)27-14-4-5-19(23)24/h6-13H,4-5,14H2,1-3H3,(H,22,25)(H,23,24). The van der Waals surface area contributed by atoms with Crippen molar-refractivity contribution in [2.45, 2.75) is 32.1 Å². The van der Waals surface area contributed by atoms with Crippen LogP contribution in [0.3, 0.4) is 0 Å². The molecule has 0 aliphatic heterocycles. The zero-order valence-electron chi connectivity index (χ0n) is 15.8. The van der Waals surface area contributed by atoms with Crippen LogP contribution in [-0.4, -0.2) is 30.7 Å². The van der Waals surface area contributed by atoms with E-state index in [9.17, 15) is 9.59 Å². The molecule has 6 heteroatoms. The Kier molecular flexibility index (Phi) is 6.82. The Morgan fingerprint density at radius 1 is 1.00 bits per heavy atom. The zero-order valence-corrected chi connectivity index (χ0v) is 15.8. The van der Waals surface area contributed by atoms with Gasteiger partial charge in [0.25, 0.3) is 0 Å². The average Bonchev–Trinajstić information content (AvgIpc) is 2.66. The number of nitrogens with one attached hydrogen (secondary N) is 1. The highest BCUT2D eigenvalue weighted by atomic mass is 16.5. The van der Waals surface area contributed by atoms with Gasteiger partial charge in [-0.1, -0.05) is 12.1 Å². The van der Waals surface area contributed by atoms with Gasteiger partial charge in [0.1, 0.15) is 11.5 Å². The van der Waals surface area contributed by atoms with Gasteiger partial charge in [-0.25, -0.2) is 0 Å². The molecular weight excluding hydrogens is 346 g/mol. The van der Waals surface area contributed by atoms with Crippen molar-refractivity contribution in [3.8, 4) is 11.5 Å². The third-order valence-electron chi connectivity index (χ3n) is 4.30. The van der Waals surface area contributed by atoms with E-state index in [0.717, 1.165) is 11.3 Å². The Balaban J connectivity index is 1.94. The van der Waals surface area contributed by atoms with Crippen molar-refractivity contribution >= 4 is 17.6 Å². The number of hydrogen-bond acceptors (Lipinski definition) is 4. The second-order valence-electron chi connectivity index (χ2n) is 6.68. The number of carbonyl (C=O) groups excluding carboxylic acids is 1. The number of aliphatic carboxylic acids is 1. The van der Waals surface area contributed by atoms with Gasteiger partial charge in [0.05, 0.1) is 19.1 Å². The summed E-state index contributed by atoms with van der Waals surface area (Å²) < 4.78 is 10.6. The van der Waals surface area contributed by atoms with Crippen LogP contribution in [0, 0.1) is 0 Å². The SMILES string of the molecule is COc1ccc(C(C)(C)C(=O)Nc2ccc(OCCCC(=O)O)cc2)cc1. The molecule has 0 spiro atoms. The first kappa shape index (κ1) is 20.3. The number of carboxylic acid groups (broad SMARTS) is 1. The second kappa shape index (κ2) is 9.07. The third kappa shape index (κ3) is 5.74. The third-order valence-corrected chi connectivity index (χ3v) is 4.30. The van der Waals surface area contributed by atoms with E-state index >= 15 is 0 Å². The van der Waals surface area contributed by atoms with Gasteiger partial charge in [0, 0.05) is 12.1 Å². The van der Waals surface area contributed by atoms with Crippen molar-refractivity contribution in [2.24, 2.45) is 0 Å². The molecule has 0 atom stereocenters. The molecule has 144 valence electrons. The van der Waals surface area contributed by atoms with E-state index in [1.165, 1.54) is 0 Å². The highest BCUT2D eigenvalue weighted by molar-refractivity contribution is 5.98. The molecule has 0 fully saturated rings. The van der Waals surface area contributed by atoms with Crippen LogP contribution in [-0.2, 0) is 15.0 Å². The number of anilines is 1. The molecule has 0 aromatic heterocycles. The molecule has 2 N–H and O–H groups in total. The molecule has 2 aromatic carbocycles. The summed E-state index contributed by atoms with van der Waals surface area (Å²) >= 11 is 0. The van der Waals surface area contributed by atoms with Crippen LogP contribution < -0.4 is 14.8 Å². The van der Waals surface area contributed by atoms with Gasteiger partial charge in [-0.2, -0.15) is 0 Å². The Hall–Kier alpha value is -3.02. The zero-order chi connectivity index (χ0) is 19.9. The normalized spacial score (nSPS) is 10.9. The van der Waals surface area contributed by atoms with Gasteiger partial charge in [-0.05, 0) is 62.2 Å². The quantitative estimate of drug-likeness (QED) is 0.654. The molecule has 2 rings (SSSR count). The van der Waals surface area contributed by atoms with Gasteiger partial charge in [0.2, 0.25) is 5.91 Å². The molecule has 1 amide bonds. The molecule has 0 aliphatic carbocycles. The first-order chi connectivity index (χ1) is 12.8. The summed E-state index contributed by atoms with van der Waals surface area (Å²) in [6.07, 6.45) is 0.526. The molecule has 0 saturated carbocycles. The summed E-state index contributed by atoms with van der Waals surface area (Å²) in [4.78, 5) is 23.2. The van der Waals surface area contributed by atoms with Crippen molar-refractivity contribution in [1.82, 2.24) is 0 Å². The molecule has 0 saturated heterocycles. The first-order valence-corrected chi connectivity index (χ1v) is 8.73. The van der Waals surface area contributed by atoms with E-state index in [-0.39, 0.29) is 12.3 Å². The van der Waals surface area contributed by atoms with Gasteiger partial charge in [-0.3, -0.25) is 9.59 Å². The van der Waals surface area contributed by atoms with Crippen molar-refractivity contribution in [2.75, 3.05) is 19.0 Å². The topological polar surface area (TPSA) is 84.9 Å². The van der Waals surface area contributed by atoms with Crippen molar-refractivity contribution in [3.63, 3.8) is 0 Å². The van der Waals surface area contributed by atoms with Crippen molar-refractivity contribution < 1.29 is 24.2 Å². The predicted octanol–water partition coefficient (Wildman–Crippen LogP) is 3.86. The number of benzene rings is 2. The van der Waals surface area contributed by atoms with E-state index in [1.807, 2.05) is 38.1 Å². The summed E-state index contributed by atoms with van der Waals surface area (Å²) in [5, 5.41) is 11.5. The lowest BCUT2D eigenvalue weighted by Crippen LogP contribution is -2.34. The number of amides is 1. The minimum atomic E-state index is -0.837. The molecule has 0 radical (unpaired) electrons. The summed E-state index contributed by atoms with van der Waals surface area (Å²) in [6, 6.07) is 14.4. The monoisotopic (exact) mass is 371 g/mol. The summed E-state index contributed by atoms with van der Waals surface area (Å²) in [5.41, 5.74) is 0.844. The minimum absolute atomic E-state index is 0.0780. The van der Waals surface area contributed by atoms with E-state index in [0.29, 0.717) is 24.5 Å². The number of carboxylic acids is 1. The average molecular weight is 371 g/mol. The molecule has 6 nitrogen and oxygen atoms in total. The van der Waals surface area contributed by atoms with Crippen molar-refractivity contribution in [3.05, 3.63) is 54.1 Å². The Labute approximate surface area is 159 Å². The minimum Gasteiger partial charge on any atom is -0.497 e. The lowest BCUT2D eigenvalue weighted by atomic mass is 9.83. The molecular formula is C21H25NO5. The fraction of sp³-hybridized carbons (Fsp3) is 0.333. The van der Waals surface area contributed by atoms with Gasteiger partial charge < -0.3 is 19.9 Å². The second-order valence-corrected chi connectivity index (χ2v) is 6.68. The molecule has 27 heavy (non-hydrogen) atoms. The number of methoxy groups -OCH3 is 1. The maximum Gasteiger partial charge on any atom is 0.303 e. The lowest BCUT2D eigenvalue weighted by molar-refractivity contribution is -0.137. The lowest BCUT2D eigenvalue weighted by Gasteiger charge is -2.24. The largest absolute Gasteiger partial charge is 0.497 e. The number of rotatable bonds is 9. The van der Waals surface area contributed by atoms with E-state index < -0.39 is 11.4 Å². The number of ether oxygens (including phenoxy) is 2. The summed E-state index contributed by atoms with van der Waals surface area (Å²) in [7, 11) is 1.60. The maximum atomic E-state index is 12.7. The Bertz CT molecular complexity index is 766. The van der Waals surface area contributed by atoms with Crippen molar-refractivity contribution in [1.29, 1.82) is 0 Å². The van der Waals surface area contributed by atoms with Crippen LogP contribution in [0.4, 0.5) is 5.69 Å². The maximum absolute atomic E-state index is 12.7. The number of carbonyl (C=O) groups is 2. The molecule has 2 aromatic rings. The predicted molar refractivity (Wildman–Crippen MR) is 103 cm³/mol. The van der Waals surface area contributed by atoms with Gasteiger partial charge in [0.15, 0.2) is 0 Å². The summed E-state index contributed by atoms with van der Waals surface area (Å²) in [6.45, 7) is 4.07. The molecule has 0 bridgehead atoms. The van der Waals surface area contributed by atoms with Gasteiger partial charge in [-0.15, -0.1) is 0 Å². The highest BCUT2D eigenvalue weighted by Gasteiger charge is 2.29. The van der Waals surface area contributed by atoms with Gasteiger partial charge >= 0.3 is 5.97 Å². The van der Waals surface area contributed by atoms with E-state index in [4.69, 9.17) is 14.6 Å². The Morgan fingerprint density at radius 3 is 2.15 bits per heavy atom. The molecule has 0 unspecified atom stereocenters. The van der Waals surface area contributed by atoms with Crippen LogP contribution in [0.2, 0.25) is 0 Å². The van der Waals surface area contributed by atoms with Crippen LogP contribution >= 0.6 is 0 Å².